The Bertz CT molecular complexity index is 815. The number of anilines is 1. The summed E-state index contributed by atoms with van der Waals surface area (Å²) in [7, 11) is -1.51. The zero-order chi connectivity index (χ0) is 14.2. The van der Waals surface area contributed by atoms with E-state index in [1.165, 1.54) is 26.5 Å². The Morgan fingerprint density at radius 2 is 2.00 bits per heavy atom. The molecule has 0 saturated carbocycles. The van der Waals surface area contributed by atoms with Crippen molar-refractivity contribution < 1.29 is 8.42 Å². The zero-order valence-electron chi connectivity index (χ0n) is 10.1. The van der Waals surface area contributed by atoms with Gasteiger partial charge in [-0.2, -0.15) is 5.10 Å². The predicted octanol–water partition coefficient (Wildman–Crippen LogP) is -1.39. The van der Waals surface area contributed by atoms with Crippen LogP contribution in [0.5, 0.6) is 0 Å². The molecule has 10 heteroatoms. The number of aromatic amines is 1. The van der Waals surface area contributed by atoms with Crippen molar-refractivity contribution >= 4 is 15.7 Å². The number of sulfonamides is 1. The van der Waals surface area contributed by atoms with Gasteiger partial charge in [-0.1, -0.05) is 0 Å². The highest BCUT2D eigenvalue weighted by atomic mass is 32.2. The highest BCUT2D eigenvalue weighted by molar-refractivity contribution is 7.92. The van der Waals surface area contributed by atoms with Crippen LogP contribution in [0.25, 0.3) is 0 Å². The fraction of sp³-hybridized carbons (Fsp3) is 0.222. The second-order valence-electron chi connectivity index (χ2n) is 3.84. The Hall–Kier alpha value is -2.36. The molecule has 2 N–H and O–H groups in total. The molecular weight excluding hydrogens is 274 g/mol. The van der Waals surface area contributed by atoms with E-state index < -0.39 is 26.2 Å². The van der Waals surface area contributed by atoms with E-state index in [0.29, 0.717) is 0 Å². The van der Waals surface area contributed by atoms with Gasteiger partial charge in [0.05, 0.1) is 11.9 Å². The van der Waals surface area contributed by atoms with Gasteiger partial charge in [0.2, 0.25) is 0 Å². The van der Waals surface area contributed by atoms with Gasteiger partial charge in [-0.25, -0.2) is 13.2 Å². The van der Waals surface area contributed by atoms with Crippen LogP contribution >= 0.6 is 0 Å². The number of nitrogens with zero attached hydrogens (tertiary/aromatic N) is 3. The minimum Gasteiger partial charge on any atom is -0.302 e. The molecule has 2 aromatic heterocycles. The normalized spacial score (nSPS) is 11.5. The van der Waals surface area contributed by atoms with E-state index in [-0.39, 0.29) is 5.69 Å². The number of rotatable bonds is 3. The van der Waals surface area contributed by atoms with Gasteiger partial charge in [-0.05, 0) is 0 Å². The second-order valence-corrected chi connectivity index (χ2v) is 5.49. The van der Waals surface area contributed by atoms with E-state index in [2.05, 4.69) is 14.9 Å². The van der Waals surface area contributed by atoms with Gasteiger partial charge in [0.25, 0.3) is 15.6 Å². The summed E-state index contributed by atoms with van der Waals surface area (Å²) in [5, 5.41) is 6.02. The predicted molar refractivity (Wildman–Crippen MR) is 66.3 cm³/mol. The largest absolute Gasteiger partial charge is 0.330 e. The van der Waals surface area contributed by atoms with Crippen LogP contribution in [0.3, 0.4) is 0 Å². The van der Waals surface area contributed by atoms with E-state index in [9.17, 15) is 18.0 Å². The Morgan fingerprint density at radius 3 is 2.58 bits per heavy atom. The lowest BCUT2D eigenvalue weighted by Gasteiger charge is -2.08. The van der Waals surface area contributed by atoms with Gasteiger partial charge in [0, 0.05) is 26.5 Å². The summed E-state index contributed by atoms with van der Waals surface area (Å²) < 4.78 is 28.0. The molecule has 0 bridgehead atoms. The van der Waals surface area contributed by atoms with Gasteiger partial charge in [0.1, 0.15) is 0 Å². The van der Waals surface area contributed by atoms with Gasteiger partial charge in [-0.15, -0.1) is 0 Å². The van der Waals surface area contributed by atoms with Crippen molar-refractivity contribution in [2.45, 2.75) is 4.90 Å². The number of nitrogens with one attached hydrogen (secondary N) is 2. The highest BCUT2D eigenvalue weighted by Crippen LogP contribution is 2.09. The molecule has 0 aliphatic heterocycles. The first-order valence-corrected chi connectivity index (χ1v) is 6.59. The number of aryl methyl sites for hydroxylation is 1. The van der Waals surface area contributed by atoms with E-state index in [0.717, 1.165) is 15.3 Å². The smallest absolute Gasteiger partial charge is 0.302 e. The molecule has 2 aromatic rings. The monoisotopic (exact) mass is 285 g/mol. The first kappa shape index (κ1) is 13.1. The van der Waals surface area contributed by atoms with E-state index in [1.807, 2.05) is 0 Å². The molecule has 2 rings (SSSR count). The maximum atomic E-state index is 12.1. The molecule has 19 heavy (non-hydrogen) atoms. The number of aromatic nitrogens is 4. The van der Waals surface area contributed by atoms with Crippen molar-refractivity contribution in [2.24, 2.45) is 14.1 Å². The van der Waals surface area contributed by atoms with E-state index in [4.69, 9.17) is 0 Å². The van der Waals surface area contributed by atoms with Gasteiger partial charge >= 0.3 is 5.69 Å². The highest BCUT2D eigenvalue weighted by Gasteiger charge is 2.21. The molecule has 0 radical (unpaired) electrons. The first-order valence-electron chi connectivity index (χ1n) is 5.11. The van der Waals surface area contributed by atoms with Crippen LogP contribution in [-0.2, 0) is 24.1 Å². The molecule has 0 saturated heterocycles. The molecule has 0 amide bonds. The van der Waals surface area contributed by atoms with E-state index in [1.54, 1.807) is 0 Å². The molecule has 0 spiro atoms. The second kappa shape index (κ2) is 4.39. The maximum Gasteiger partial charge on any atom is 0.330 e. The molecule has 0 aromatic carbocycles. The lowest BCUT2D eigenvalue weighted by atomic mass is 10.6. The molecule has 102 valence electrons. The summed E-state index contributed by atoms with van der Waals surface area (Å²) in [6.45, 7) is 0. The topological polar surface area (TPSA) is 119 Å². The number of H-pyrrole nitrogens is 1. The Balaban J connectivity index is 2.59. The molecule has 0 atom stereocenters. The summed E-state index contributed by atoms with van der Waals surface area (Å²) in [4.78, 5) is 22.8. The fourth-order valence-electron chi connectivity index (χ4n) is 1.48. The average Bonchev–Trinajstić information content (AvgIpc) is 2.83. The van der Waals surface area contributed by atoms with Crippen molar-refractivity contribution in [2.75, 3.05) is 4.72 Å². The average molecular weight is 285 g/mol. The van der Waals surface area contributed by atoms with Crippen LogP contribution in [0.2, 0.25) is 0 Å². The Labute approximate surface area is 107 Å². The summed E-state index contributed by atoms with van der Waals surface area (Å²) in [6.07, 6.45) is 3.56. The SMILES string of the molecule is Cn1cc(S(=O)(=O)Nc2cn[nH]c2)c(=O)n(C)c1=O. The summed E-state index contributed by atoms with van der Waals surface area (Å²) in [5.41, 5.74) is -1.30. The lowest BCUT2D eigenvalue weighted by Crippen LogP contribution is -2.40. The minimum atomic E-state index is -4.08. The van der Waals surface area contributed by atoms with Crippen LogP contribution < -0.4 is 16.0 Å². The molecule has 0 aliphatic rings. The molecule has 0 aliphatic carbocycles. The maximum absolute atomic E-state index is 12.1. The molecule has 2 heterocycles. The third-order valence-electron chi connectivity index (χ3n) is 2.45. The first-order chi connectivity index (χ1) is 8.83. The minimum absolute atomic E-state index is 0.191. The summed E-state index contributed by atoms with van der Waals surface area (Å²) >= 11 is 0. The molecule has 0 fully saturated rings. The van der Waals surface area contributed by atoms with Gasteiger partial charge < -0.3 is 4.57 Å². The van der Waals surface area contributed by atoms with Gasteiger partial charge in [0.15, 0.2) is 4.90 Å². The molecular formula is C9H11N5O4S. The van der Waals surface area contributed by atoms with Crippen LogP contribution in [-0.4, -0.2) is 27.7 Å². The summed E-state index contributed by atoms with van der Waals surface area (Å²) in [6, 6.07) is 0. The zero-order valence-corrected chi connectivity index (χ0v) is 10.9. The van der Waals surface area contributed by atoms with Crippen molar-refractivity contribution in [1.29, 1.82) is 0 Å². The van der Waals surface area contributed by atoms with Crippen molar-refractivity contribution in [3.63, 3.8) is 0 Å². The summed E-state index contributed by atoms with van der Waals surface area (Å²) in [5.74, 6) is 0. The van der Waals surface area contributed by atoms with Crippen LogP contribution in [0.4, 0.5) is 5.69 Å². The van der Waals surface area contributed by atoms with Crippen molar-refractivity contribution in [3.05, 3.63) is 39.4 Å². The number of hydrogen-bond acceptors (Lipinski definition) is 5. The fourth-order valence-corrected chi connectivity index (χ4v) is 2.67. The van der Waals surface area contributed by atoms with Crippen LogP contribution in [0.15, 0.2) is 33.1 Å². The standard InChI is InChI=1S/C9H11N5O4S/c1-13-5-7(8(15)14(2)9(13)16)19(17,18)12-6-3-10-11-4-6/h3-5,12H,1-2H3,(H,10,11). The third kappa shape index (κ3) is 2.29. The Kier molecular flexibility index (Phi) is 3.02. The molecule has 9 nitrogen and oxygen atoms in total. The van der Waals surface area contributed by atoms with Crippen LogP contribution in [0.1, 0.15) is 0 Å². The molecule has 0 unspecified atom stereocenters. The number of hydrogen-bond donors (Lipinski definition) is 2. The quantitative estimate of drug-likeness (QED) is 0.719. The van der Waals surface area contributed by atoms with Crippen molar-refractivity contribution in [1.82, 2.24) is 19.3 Å². The van der Waals surface area contributed by atoms with Crippen LogP contribution in [0, 0.1) is 0 Å². The Morgan fingerprint density at radius 1 is 1.32 bits per heavy atom. The van der Waals surface area contributed by atoms with Gasteiger partial charge in [-0.3, -0.25) is 19.2 Å². The van der Waals surface area contributed by atoms with Crippen molar-refractivity contribution in [3.8, 4) is 0 Å². The third-order valence-corrected chi connectivity index (χ3v) is 3.82. The van der Waals surface area contributed by atoms with E-state index >= 15 is 0 Å². The lowest BCUT2D eigenvalue weighted by molar-refractivity contribution is 0.589.